The van der Waals surface area contributed by atoms with E-state index < -0.39 is 0 Å². The van der Waals surface area contributed by atoms with E-state index in [4.69, 9.17) is 18.0 Å². The molecule has 2 N–H and O–H groups in total. The molecule has 1 aliphatic rings. The van der Waals surface area contributed by atoms with Gasteiger partial charge in [-0.05, 0) is 38.9 Å². The topological polar surface area (TPSA) is 58.3 Å². The molecule has 104 valence electrons. The lowest BCUT2D eigenvalue weighted by Crippen LogP contribution is -2.32. The Balaban J connectivity index is 2.01. The monoisotopic (exact) mass is 279 g/mol. The zero-order valence-electron chi connectivity index (χ0n) is 11.6. The molecule has 0 aromatic carbocycles. The van der Waals surface area contributed by atoms with Gasteiger partial charge >= 0.3 is 0 Å². The van der Waals surface area contributed by atoms with Crippen LogP contribution in [0.5, 0.6) is 0 Å². The summed E-state index contributed by atoms with van der Waals surface area (Å²) in [6.45, 7) is 6.32. The van der Waals surface area contributed by atoms with E-state index in [0.29, 0.717) is 16.6 Å². The highest BCUT2D eigenvalue weighted by Gasteiger charge is 2.13. The van der Waals surface area contributed by atoms with Crippen molar-refractivity contribution in [2.24, 2.45) is 5.73 Å². The number of aryl methyl sites for hydroxylation is 1. The highest BCUT2D eigenvalue weighted by molar-refractivity contribution is 7.80. The van der Waals surface area contributed by atoms with Crippen LogP contribution in [0.1, 0.15) is 24.2 Å². The van der Waals surface area contributed by atoms with Crippen molar-refractivity contribution in [1.29, 1.82) is 0 Å². The molecule has 1 aromatic rings. The largest absolute Gasteiger partial charge is 0.388 e. The molecule has 19 heavy (non-hydrogen) atoms. The van der Waals surface area contributed by atoms with Gasteiger partial charge in [0, 0.05) is 25.8 Å². The van der Waals surface area contributed by atoms with Gasteiger partial charge in [-0.3, -0.25) is 0 Å². The van der Waals surface area contributed by atoms with Crippen LogP contribution in [0.4, 0.5) is 5.95 Å². The summed E-state index contributed by atoms with van der Waals surface area (Å²) < 4.78 is 0. The molecular weight excluding hydrogens is 258 g/mol. The molecule has 0 amide bonds. The maximum absolute atomic E-state index is 5.64. The Morgan fingerprint density at radius 2 is 2.11 bits per heavy atom. The molecule has 1 fully saturated rings. The van der Waals surface area contributed by atoms with E-state index in [1.807, 2.05) is 20.0 Å². The van der Waals surface area contributed by atoms with Gasteiger partial charge in [-0.25, -0.2) is 9.97 Å². The Bertz CT molecular complexity index is 456. The quantitative estimate of drug-likeness (QED) is 0.810. The summed E-state index contributed by atoms with van der Waals surface area (Å²) in [6, 6.07) is 1.82. The van der Waals surface area contributed by atoms with Crippen molar-refractivity contribution in [1.82, 2.24) is 14.9 Å². The Morgan fingerprint density at radius 1 is 1.42 bits per heavy atom. The van der Waals surface area contributed by atoms with Crippen molar-refractivity contribution in [2.45, 2.75) is 19.8 Å². The highest BCUT2D eigenvalue weighted by atomic mass is 32.1. The molecule has 6 heteroatoms. The third kappa shape index (κ3) is 3.84. The molecule has 5 nitrogen and oxygen atoms in total. The molecule has 0 aliphatic carbocycles. The van der Waals surface area contributed by atoms with Crippen molar-refractivity contribution in [3.05, 3.63) is 17.5 Å². The first-order valence-corrected chi connectivity index (χ1v) is 7.06. The molecule has 0 spiro atoms. The minimum Gasteiger partial charge on any atom is -0.388 e. The third-order valence-corrected chi connectivity index (χ3v) is 3.60. The predicted molar refractivity (Wildman–Crippen MR) is 81.6 cm³/mol. The maximum Gasteiger partial charge on any atom is 0.225 e. The van der Waals surface area contributed by atoms with Gasteiger partial charge in [0.1, 0.15) is 10.7 Å². The molecule has 0 atom stereocenters. The van der Waals surface area contributed by atoms with Crippen LogP contribution in [-0.4, -0.2) is 53.1 Å². The van der Waals surface area contributed by atoms with E-state index in [1.54, 1.807) is 0 Å². The second-order valence-corrected chi connectivity index (χ2v) is 5.47. The number of likely N-dealkylation sites (tertiary alicyclic amines) is 1. The zero-order valence-corrected chi connectivity index (χ0v) is 12.4. The van der Waals surface area contributed by atoms with E-state index >= 15 is 0 Å². The predicted octanol–water partition coefficient (Wildman–Crippen LogP) is 0.951. The van der Waals surface area contributed by atoms with Gasteiger partial charge in [-0.15, -0.1) is 0 Å². The summed E-state index contributed by atoms with van der Waals surface area (Å²) in [5.74, 6) is 0.696. The second-order valence-electron chi connectivity index (χ2n) is 5.03. The molecule has 1 saturated heterocycles. The second kappa shape index (κ2) is 6.25. The maximum atomic E-state index is 5.64. The molecule has 1 aromatic heterocycles. The minimum atomic E-state index is 0.319. The number of thiocarbonyl (C=S) groups is 1. The Labute approximate surface area is 119 Å². The fourth-order valence-corrected chi connectivity index (χ4v) is 2.35. The zero-order chi connectivity index (χ0) is 13.8. The van der Waals surface area contributed by atoms with Crippen LogP contribution in [0.3, 0.4) is 0 Å². The van der Waals surface area contributed by atoms with Crippen LogP contribution in [0.2, 0.25) is 0 Å². The van der Waals surface area contributed by atoms with E-state index in [-0.39, 0.29) is 0 Å². The fourth-order valence-electron chi connectivity index (χ4n) is 2.25. The van der Waals surface area contributed by atoms with Gasteiger partial charge in [-0.2, -0.15) is 0 Å². The van der Waals surface area contributed by atoms with Crippen molar-refractivity contribution >= 4 is 23.2 Å². The Kier molecular flexibility index (Phi) is 4.66. The summed E-state index contributed by atoms with van der Waals surface area (Å²) in [6.07, 6.45) is 2.63. The number of hydrogen-bond donors (Lipinski definition) is 1. The standard InChI is InChI=1S/C13H21N5S/c1-10-9-11(12(14)19)16-13(15-10)17(2)7-8-18-5-3-4-6-18/h9H,3-8H2,1-2H3,(H2,14,19). The van der Waals surface area contributed by atoms with Crippen molar-refractivity contribution in [3.8, 4) is 0 Å². The van der Waals surface area contributed by atoms with Gasteiger partial charge in [0.05, 0.1) is 0 Å². The summed E-state index contributed by atoms with van der Waals surface area (Å²) >= 11 is 4.98. The smallest absolute Gasteiger partial charge is 0.225 e. The molecule has 2 heterocycles. The number of likely N-dealkylation sites (N-methyl/N-ethyl adjacent to an activating group) is 1. The van der Waals surface area contributed by atoms with E-state index in [0.717, 1.165) is 18.8 Å². The number of anilines is 1. The first-order valence-electron chi connectivity index (χ1n) is 6.65. The molecule has 0 unspecified atom stereocenters. The molecule has 0 radical (unpaired) electrons. The number of nitrogens with zero attached hydrogens (tertiary/aromatic N) is 4. The lowest BCUT2D eigenvalue weighted by Gasteiger charge is -2.22. The average molecular weight is 279 g/mol. The summed E-state index contributed by atoms with van der Waals surface area (Å²) in [5, 5.41) is 0. The van der Waals surface area contributed by atoms with E-state index in [2.05, 4.69) is 19.8 Å². The van der Waals surface area contributed by atoms with E-state index in [9.17, 15) is 0 Å². The third-order valence-electron chi connectivity index (χ3n) is 3.39. The summed E-state index contributed by atoms with van der Waals surface area (Å²) in [7, 11) is 2.01. The summed E-state index contributed by atoms with van der Waals surface area (Å²) in [4.78, 5) is 13.7. The van der Waals surface area contributed by atoms with Gasteiger partial charge in [-0.1, -0.05) is 12.2 Å². The number of hydrogen-bond acceptors (Lipinski definition) is 5. The Morgan fingerprint density at radius 3 is 2.74 bits per heavy atom. The van der Waals surface area contributed by atoms with Gasteiger partial charge in [0.25, 0.3) is 0 Å². The molecule has 0 bridgehead atoms. The van der Waals surface area contributed by atoms with Crippen LogP contribution in [-0.2, 0) is 0 Å². The van der Waals surface area contributed by atoms with Crippen molar-refractivity contribution in [2.75, 3.05) is 38.1 Å². The van der Waals surface area contributed by atoms with Crippen LogP contribution in [0.25, 0.3) is 0 Å². The van der Waals surface area contributed by atoms with Gasteiger partial charge in [0.15, 0.2) is 0 Å². The SMILES string of the molecule is Cc1cc(C(N)=S)nc(N(C)CCN2CCCC2)n1. The summed E-state index contributed by atoms with van der Waals surface area (Å²) in [5.41, 5.74) is 7.17. The normalized spacial score (nSPS) is 15.7. The number of aromatic nitrogens is 2. The van der Waals surface area contributed by atoms with Crippen molar-refractivity contribution < 1.29 is 0 Å². The van der Waals surface area contributed by atoms with Crippen LogP contribution < -0.4 is 10.6 Å². The van der Waals surface area contributed by atoms with Crippen molar-refractivity contribution in [3.63, 3.8) is 0 Å². The van der Waals surface area contributed by atoms with E-state index in [1.165, 1.54) is 25.9 Å². The molecule has 1 aliphatic heterocycles. The first kappa shape index (κ1) is 14.1. The Hall–Kier alpha value is -1.27. The van der Waals surface area contributed by atoms with Crippen LogP contribution in [0, 0.1) is 6.92 Å². The fraction of sp³-hybridized carbons (Fsp3) is 0.615. The molecular formula is C13H21N5S. The lowest BCUT2D eigenvalue weighted by molar-refractivity contribution is 0.346. The minimum absolute atomic E-state index is 0.319. The number of rotatable bonds is 5. The van der Waals surface area contributed by atoms with Gasteiger partial charge < -0.3 is 15.5 Å². The molecule has 2 rings (SSSR count). The highest BCUT2D eigenvalue weighted by Crippen LogP contribution is 2.11. The van der Waals surface area contributed by atoms with Gasteiger partial charge in [0.2, 0.25) is 5.95 Å². The average Bonchev–Trinajstić information content (AvgIpc) is 2.88. The number of nitrogens with two attached hydrogens (primary N) is 1. The van der Waals surface area contributed by atoms with Crippen LogP contribution >= 0.6 is 12.2 Å². The van der Waals surface area contributed by atoms with Crippen LogP contribution in [0.15, 0.2) is 6.07 Å². The lowest BCUT2D eigenvalue weighted by atomic mass is 10.3. The molecule has 0 saturated carbocycles. The first-order chi connectivity index (χ1) is 9.06.